The third kappa shape index (κ3) is 4.99. The maximum atomic E-state index is 13.2. The lowest BCUT2D eigenvalue weighted by Crippen LogP contribution is -2.50. The standard InChI is InChI=1S/C24H28BrN3O2/c25-20-9-7-19(8-10-20)23(29)21-5-1-2-6-22(21)24(30)28-17-15-27(16-18-28)14-13-26-11-3-4-12-26/h1-2,5-10H,3-4,11-18H2. The molecule has 0 atom stereocenters. The van der Waals surface area contributed by atoms with Gasteiger partial charge in [0.15, 0.2) is 5.78 Å². The Morgan fingerprint density at radius 1 is 0.733 bits per heavy atom. The van der Waals surface area contributed by atoms with Gasteiger partial charge in [-0.05, 0) is 56.3 Å². The number of hydrogen-bond donors (Lipinski definition) is 0. The molecular weight excluding hydrogens is 442 g/mol. The van der Waals surface area contributed by atoms with E-state index in [1.165, 1.54) is 25.9 Å². The number of piperazine rings is 1. The largest absolute Gasteiger partial charge is 0.336 e. The van der Waals surface area contributed by atoms with Crippen molar-refractivity contribution >= 4 is 27.6 Å². The number of carbonyl (C=O) groups is 2. The van der Waals surface area contributed by atoms with Crippen LogP contribution in [-0.2, 0) is 0 Å². The Bertz CT molecular complexity index is 886. The predicted molar refractivity (Wildman–Crippen MR) is 122 cm³/mol. The van der Waals surface area contributed by atoms with E-state index < -0.39 is 0 Å². The summed E-state index contributed by atoms with van der Waals surface area (Å²) in [6.45, 7) is 7.84. The molecule has 2 heterocycles. The number of carbonyl (C=O) groups excluding carboxylic acids is 2. The van der Waals surface area contributed by atoms with Crippen LogP contribution in [-0.4, -0.2) is 78.7 Å². The molecule has 0 aromatic heterocycles. The van der Waals surface area contributed by atoms with Crippen LogP contribution in [0, 0.1) is 0 Å². The van der Waals surface area contributed by atoms with E-state index in [1.807, 2.05) is 29.2 Å². The summed E-state index contributed by atoms with van der Waals surface area (Å²) in [4.78, 5) is 33.1. The van der Waals surface area contributed by atoms with Gasteiger partial charge in [-0.25, -0.2) is 0 Å². The third-order valence-corrected chi connectivity index (χ3v) is 6.63. The highest BCUT2D eigenvalue weighted by Gasteiger charge is 2.26. The van der Waals surface area contributed by atoms with E-state index in [-0.39, 0.29) is 11.7 Å². The topological polar surface area (TPSA) is 43.9 Å². The fourth-order valence-electron chi connectivity index (χ4n) is 4.26. The fourth-order valence-corrected chi connectivity index (χ4v) is 4.52. The van der Waals surface area contributed by atoms with Crippen molar-refractivity contribution in [2.24, 2.45) is 0 Å². The molecule has 0 N–H and O–H groups in total. The second kappa shape index (κ2) is 9.86. The second-order valence-electron chi connectivity index (χ2n) is 8.06. The van der Waals surface area contributed by atoms with E-state index in [1.54, 1.807) is 24.3 Å². The van der Waals surface area contributed by atoms with Crippen LogP contribution in [0.2, 0.25) is 0 Å². The molecule has 2 aromatic carbocycles. The monoisotopic (exact) mass is 469 g/mol. The summed E-state index contributed by atoms with van der Waals surface area (Å²) in [6.07, 6.45) is 2.64. The van der Waals surface area contributed by atoms with Crippen molar-refractivity contribution in [3.63, 3.8) is 0 Å². The smallest absolute Gasteiger partial charge is 0.254 e. The van der Waals surface area contributed by atoms with Crippen molar-refractivity contribution in [3.8, 4) is 0 Å². The number of ketones is 1. The first-order valence-electron chi connectivity index (χ1n) is 10.7. The van der Waals surface area contributed by atoms with Gasteiger partial charge in [0.2, 0.25) is 0 Å². The van der Waals surface area contributed by atoms with E-state index in [9.17, 15) is 9.59 Å². The molecule has 2 saturated heterocycles. The van der Waals surface area contributed by atoms with E-state index in [0.29, 0.717) is 29.8 Å². The molecule has 6 heteroatoms. The van der Waals surface area contributed by atoms with E-state index in [4.69, 9.17) is 0 Å². The molecule has 5 nitrogen and oxygen atoms in total. The van der Waals surface area contributed by atoms with Crippen LogP contribution in [0.4, 0.5) is 0 Å². The Labute approximate surface area is 186 Å². The van der Waals surface area contributed by atoms with Gasteiger partial charge in [0.05, 0.1) is 5.56 Å². The number of hydrogen-bond acceptors (Lipinski definition) is 4. The Balaban J connectivity index is 1.39. The second-order valence-corrected chi connectivity index (χ2v) is 8.98. The zero-order chi connectivity index (χ0) is 20.9. The van der Waals surface area contributed by atoms with Gasteiger partial charge in [0, 0.05) is 54.9 Å². The average Bonchev–Trinajstić information content (AvgIpc) is 3.31. The fraction of sp³-hybridized carbons (Fsp3) is 0.417. The van der Waals surface area contributed by atoms with Crippen LogP contribution in [0.1, 0.15) is 39.1 Å². The molecule has 0 saturated carbocycles. The quantitative estimate of drug-likeness (QED) is 0.606. The van der Waals surface area contributed by atoms with Gasteiger partial charge in [-0.2, -0.15) is 0 Å². The summed E-state index contributed by atoms with van der Waals surface area (Å²) in [7, 11) is 0. The molecule has 1 amide bonds. The van der Waals surface area contributed by atoms with E-state index >= 15 is 0 Å². The van der Waals surface area contributed by atoms with Crippen molar-refractivity contribution in [1.29, 1.82) is 0 Å². The zero-order valence-electron chi connectivity index (χ0n) is 17.2. The lowest BCUT2D eigenvalue weighted by molar-refractivity contribution is 0.0624. The highest BCUT2D eigenvalue weighted by molar-refractivity contribution is 9.10. The molecule has 0 bridgehead atoms. The van der Waals surface area contributed by atoms with Gasteiger partial charge < -0.3 is 9.80 Å². The van der Waals surface area contributed by atoms with Gasteiger partial charge in [0.25, 0.3) is 5.91 Å². The van der Waals surface area contributed by atoms with Crippen LogP contribution in [0.15, 0.2) is 53.0 Å². The van der Waals surface area contributed by atoms with Gasteiger partial charge in [0.1, 0.15) is 0 Å². The Morgan fingerprint density at radius 2 is 1.30 bits per heavy atom. The molecule has 2 aromatic rings. The van der Waals surface area contributed by atoms with Crippen LogP contribution in [0.5, 0.6) is 0 Å². The first-order chi connectivity index (χ1) is 14.6. The Morgan fingerprint density at radius 3 is 1.93 bits per heavy atom. The van der Waals surface area contributed by atoms with Gasteiger partial charge >= 0.3 is 0 Å². The minimum Gasteiger partial charge on any atom is -0.336 e. The van der Waals surface area contributed by atoms with Gasteiger partial charge in [-0.1, -0.05) is 34.1 Å². The maximum Gasteiger partial charge on any atom is 0.254 e. The third-order valence-electron chi connectivity index (χ3n) is 6.10. The number of rotatable bonds is 6. The molecule has 2 fully saturated rings. The first-order valence-corrected chi connectivity index (χ1v) is 11.5. The molecule has 4 rings (SSSR count). The van der Waals surface area contributed by atoms with Crippen LogP contribution >= 0.6 is 15.9 Å². The molecule has 0 unspecified atom stereocenters. The number of amides is 1. The van der Waals surface area contributed by atoms with Crippen molar-refractivity contribution < 1.29 is 9.59 Å². The van der Waals surface area contributed by atoms with Crippen LogP contribution in [0.25, 0.3) is 0 Å². The number of likely N-dealkylation sites (tertiary alicyclic amines) is 1. The molecule has 30 heavy (non-hydrogen) atoms. The zero-order valence-corrected chi connectivity index (χ0v) is 18.8. The molecule has 0 radical (unpaired) electrons. The van der Waals surface area contributed by atoms with Crippen molar-refractivity contribution in [3.05, 3.63) is 69.7 Å². The predicted octanol–water partition coefficient (Wildman–Crippen LogP) is 3.53. The average molecular weight is 470 g/mol. The molecular formula is C24H28BrN3O2. The first kappa shape index (κ1) is 21.2. The van der Waals surface area contributed by atoms with Crippen molar-refractivity contribution in [1.82, 2.24) is 14.7 Å². The summed E-state index contributed by atoms with van der Waals surface area (Å²) in [5.74, 6) is -0.161. The minimum atomic E-state index is -0.115. The molecule has 0 aliphatic carbocycles. The Hall–Kier alpha value is -2.02. The van der Waals surface area contributed by atoms with Gasteiger partial charge in [-0.15, -0.1) is 0 Å². The highest BCUT2D eigenvalue weighted by Crippen LogP contribution is 2.19. The van der Waals surface area contributed by atoms with E-state index in [2.05, 4.69) is 25.7 Å². The summed E-state index contributed by atoms with van der Waals surface area (Å²) in [6, 6.07) is 14.4. The SMILES string of the molecule is O=C(c1ccc(Br)cc1)c1ccccc1C(=O)N1CCN(CCN2CCCC2)CC1. The molecule has 158 valence electrons. The summed E-state index contributed by atoms with van der Waals surface area (Å²) < 4.78 is 0.922. The normalized spacial score (nSPS) is 18.0. The number of halogens is 1. The lowest BCUT2D eigenvalue weighted by Gasteiger charge is -2.35. The molecule has 2 aliphatic heterocycles. The van der Waals surface area contributed by atoms with Crippen LogP contribution < -0.4 is 0 Å². The van der Waals surface area contributed by atoms with Gasteiger partial charge in [-0.3, -0.25) is 14.5 Å². The summed E-state index contributed by atoms with van der Waals surface area (Å²) in [5.41, 5.74) is 1.56. The van der Waals surface area contributed by atoms with Crippen LogP contribution in [0.3, 0.4) is 0 Å². The van der Waals surface area contributed by atoms with E-state index in [0.717, 1.165) is 30.7 Å². The summed E-state index contributed by atoms with van der Waals surface area (Å²) in [5, 5.41) is 0. The maximum absolute atomic E-state index is 13.2. The lowest BCUT2D eigenvalue weighted by atomic mass is 9.97. The molecule has 2 aliphatic rings. The highest BCUT2D eigenvalue weighted by atomic mass is 79.9. The number of benzene rings is 2. The number of nitrogens with zero attached hydrogens (tertiary/aromatic N) is 3. The van der Waals surface area contributed by atoms with Crippen molar-refractivity contribution in [2.45, 2.75) is 12.8 Å². The van der Waals surface area contributed by atoms with Crippen molar-refractivity contribution in [2.75, 3.05) is 52.4 Å². The Kier molecular flexibility index (Phi) is 6.97. The minimum absolute atomic E-state index is 0.0461. The summed E-state index contributed by atoms with van der Waals surface area (Å²) >= 11 is 3.40. The molecule has 0 spiro atoms.